The highest BCUT2D eigenvalue weighted by molar-refractivity contribution is 5.95. The molecule has 1 amide bonds. The van der Waals surface area contributed by atoms with Gasteiger partial charge in [0.2, 0.25) is 11.6 Å². The monoisotopic (exact) mass is 422 g/mol. The van der Waals surface area contributed by atoms with Crippen molar-refractivity contribution >= 4 is 34.7 Å². The van der Waals surface area contributed by atoms with E-state index in [2.05, 4.69) is 26.1 Å². The average Bonchev–Trinajstić information content (AvgIpc) is 2.77. The summed E-state index contributed by atoms with van der Waals surface area (Å²) in [6.45, 7) is 1.11. The minimum atomic E-state index is -0.688. The van der Waals surface area contributed by atoms with Crippen molar-refractivity contribution in [3.63, 3.8) is 0 Å². The Bertz CT molecular complexity index is 1110. The van der Waals surface area contributed by atoms with Crippen LogP contribution >= 0.6 is 0 Å². The van der Waals surface area contributed by atoms with Crippen LogP contribution in [0.1, 0.15) is 17.3 Å². The summed E-state index contributed by atoms with van der Waals surface area (Å²) in [4.78, 5) is 42.2. The lowest BCUT2D eigenvalue weighted by Gasteiger charge is -2.11. The first-order chi connectivity index (χ1) is 14.9. The van der Waals surface area contributed by atoms with Gasteiger partial charge in [0.05, 0.1) is 4.92 Å². The molecule has 1 heterocycles. The first kappa shape index (κ1) is 21.2. The number of carbonyl (C=O) groups is 2. The van der Waals surface area contributed by atoms with Gasteiger partial charge in [0.25, 0.3) is 5.91 Å². The minimum absolute atomic E-state index is 0.113. The molecule has 158 valence electrons. The third-order valence-electron chi connectivity index (χ3n) is 3.97. The Hall–Kier alpha value is -4.54. The summed E-state index contributed by atoms with van der Waals surface area (Å²) in [5.74, 6) is -0.551. The second-order valence-corrected chi connectivity index (χ2v) is 6.21. The van der Waals surface area contributed by atoms with E-state index in [4.69, 9.17) is 4.74 Å². The first-order valence-electron chi connectivity index (χ1n) is 9.04. The van der Waals surface area contributed by atoms with Gasteiger partial charge in [-0.05, 0) is 31.2 Å². The Labute approximate surface area is 176 Å². The molecule has 3 aromatic rings. The van der Waals surface area contributed by atoms with Crippen molar-refractivity contribution < 1.29 is 19.2 Å². The summed E-state index contributed by atoms with van der Waals surface area (Å²) in [7, 11) is 0. The lowest BCUT2D eigenvalue weighted by Crippen LogP contribution is -2.34. The van der Waals surface area contributed by atoms with Gasteiger partial charge < -0.3 is 10.1 Å². The Morgan fingerprint density at radius 3 is 2.52 bits per heavy atom. The fourth-order valence-corrected chi connectivity index (χ4v) is 2.52. The number of hydrazine groups is 1. The average molecular weight is 422 g/mol. The van der Waals surface area contributed by atoms with Crippen LogP contribution in [0.15, 0.2) is 60.9 Å². The zero-order valence-corrected chi connectivity index (χ0v) is 16.4. The van der Waals surface area contributed by atoms with Crippen molar-refractivity contribution in [1.82, 2.24) is 15.4 Å². The molecule has 0 aliphatic rings. The molecule has 11 heteroatoms. The van der Waals surface area contributed by atoms with E-state index in [-0.39, 0.29) is 24.0 Å². The van der Waals surface area contributed by atoms with Crippen LogP contribution in [-0.2, 0) is 4.79 Å². The highest BCUT2D eigenvalue weighted by Gasteiger charge is 2.23. The van der Waals surface area contributed by atoms with Gasteiger partial charge in [-0.15, -0.1) is 0 Å². The van der Waals surface area contributed by atoms with Crippen LogP contribution in [0.3, 0.4) is 0 Å². The van der Waals surface area contributed by atoms with Crippen molar-refractivity contribution in [3.05, 3.63) is 76.6 Å². The standard InChI is InChI=1S/C20H18N6O5/c1-13(27)14-6-5-7-15(10-14)23-19-18(26(29)30)20(22-12-21-19)25-24-17(28)11-31-16-8-3-2-4-9-16/h2-10,12H,11H2,1H3,(H,24,28)(H2,21,22,23,25). The number of amides is 1. The molecule has 0 fully saturated rings. The van der Waals surface area contributed by atoms with Gasteiger partial charge in [-0.3, -0.25) is 30.6 Å². The molecule has 0 radical (unpaired) electrons. The predicted molar refractivity (Wildman–Crippen MR) is 112 cm³/mol. The summed E-state index contributed by atoms with van der Waals surface area (Å²) in [6, 6.07) is 15.2. The number of carbonyl (C=O) groups excluding carboxylic acids is 2. The maximum absolute atomic E-state index is 12.0. The highest BCUT2D eigenvalue weighted by Crippen LogP contribution is 2.30. The molecule has 31 heavy (non-hydrogen) atoms. The van der Waals surface area contributed by atoms with E-state index in [1.807, 2.05) is 6.07 Å². The number of Topliss-reactive ketones (excluding diaryl/α,β-unsaturated/α-hetero) is 1. The number of nitrogens with zero attached hydrogens (tertiary/aromatic N) is 3. The molecule has 0 saturated carbocycles. The van der Waals surface area contributed by atoms with Crippen LogP contribution in [0.2, 0.25) is 0 Å². The molecule has 3 N–H and O–H groups in total. The Morgan fingerprint density at radius 2 is 1.81 bits per heavy atom. The number of anilines is 3. The number of benzene rings is 2. The SMILES string of the molecule is CC(=O)c1cccc(Nc2ncnc(NNC(=O)COc3ccccc3)c2[N+](=O)[O-])c1. The lowest BCUT2D eigenvalue weighted by atomic mass is 10.1. The first-order valence-corrected chi connectivity index (χ1v) is 9.04. The number of ketones is 1. The molecule has 0 bridgehead atoms. The molecule has 2 aromatic carbocycles. The van der Waals surface area contributed by atoms with Crippen molar-refractivity contribution in [2.45, 2.75) is 6.92 Å². The van der Waals surface area contributed by atoms with Gasteiger partial charge in [-0.2, -0.15) is 0 Å². The number of hydrogen-bond donors (Lipinski definition) is 3. The smallest absolute Gasteiger partial charge is 0.355 e. The summed E-state index contributed by atoms with van der Waals surface area (Å²) in [6.07, 6.45) is 1.10. The van der Waals surface area contributed by atoms with Gasteiger partial charge in [0.1, 0.15) is 12.1 Å². The predicted octanol–water partition coefficient (Wildman–Crippen LogP) is 2.85. The van der Waals surface area contributed by atoms with Crippen LogP contribution in [-0.4, -0.2) is 33.2 Å². The maximum Gasteiger partial charge on any atom is 0.355 e. The topological polar surface area (TPSA) is 148 Å². The van der Waals surface area contributed by atoms with E-state index in [9.17, 15) is 19.7 Å². The fourth-order valence-electron chi connectivity index (χ4n) is 2.52. The molecule has 0 aliphatic heterocycles. The zero-order chi connectivity index (χ0) is 22.2. The van der Waals surface area contributed by atoms with E-state index in [1.54, 1.807) is 48.5 Å². The highest BCUT2D eigenvalue weighted by atomic mass is 16.6. The maximum atomic E-state index is 12.0. The van der Waals surface area contributed by atoms with Gasteiger partial charge >= 0.3 is 5.69 Å². The molecule has 0 atom stereocenters. The molecule has 1 aromatic heterocycles. The number of ether oxygens (including phenoxy) is 1. The molecular formula is C20H18N6O5. The second-order valence-electron chi connectivity index (χ2n) is 6.21. The third-order valence-corrected chi connectivity index (χ3v) is 3.97. The Kier molecular flexibility index (Phi) is 6.68. The summed E-state index contributed by atoms with van der Waals surface area (Å²) < 4.78 is 5.31. The number of aromatic nitrogens is 2. The van der Waals surface area contributed by atoms with Crippen LogP contribution in [0, 0.1) is 10.1 Å². The van der Waals surface area contributed by atoms with Crippen molar-refractivity contribution in [1.29, 1.82) is 0 Å². The van der Waals surface area contributed by atoms with Crippen molar-refractivity contribution in [3.8, 4) is 5.75 Å². The van der Waals surface area contributed by atoms with Gasteiger partial charge in [-0.1, -0.05) is 30.3 Å². The quantitative estimate of drug-likeness (QED) is 0.269. The molecule has 11 nitrogen and oxygen atoms in total. The second kappa shape index (κ2) is 9.78. The van der Waals surface area contributed by atoms with Crippen LogP contribution in [0.5, 0.6) is 5.75 Å². The normalized spacial score (nSPS) is 10.1. The van der Waals surface area contributed by atoms with E-state index >= 15 is 0 Å². The number of nitro groups is 1. The van der Waals surface area contributed by atoms with E-state index < -0.39 is 16.5 Å². The molecular weight excluding hydrogens is 404 g/mol. The van der Waals surface area contributed by atoms with Gasteiger partial charge in [0, 0.05) is 11.3 Å². The zero-order valence-electron chi connectivity index (χ0n) is 16.4. The van der Waals surface area contributed by atoms with Crippen LogP contribution in [0.4, 0.5) is 23.0 Å². The molecule has 0 aliphatic carbocycles. The largest absolute Gasteiger partial charge is 0.484 e. The molecule has 0 spiro atoms. The minimum Gasteiger partial charge on any atom is -0.484 e. The number of nitrogens with one attached hydrogen (secondary N) is 3. The molecule has 0 saturated heterocycles. The van der Waals surface area contributed by atoms with Gasteiger partial charge in [-0.25, -0.2) is 9.97 Å². The summed E-state index contributed by atoms with van der Waals surface area (Å²) in [5.41, 5.74) is 5.10. The number of hydrogen-bond acceptors (Lipinski definition) is 9. The van der Waals surface area contributed by atoms with Crippen molar-refractivity contribution in [2.24, 2.45) is 0 Å². The fraction of sp³-hybridized carbons (Fsp3) is 0.100. The Balaban J connectivity index is 1.71. The Morgan fingerprint density at radius 1 is 1.06 bits per heavy atom. The van der Waals surface area contributed by atoms with Crippen LogP contribution < -0.4 is 20.9 Å². The van der Waals surface area contributed by atoms with Crippen molar-refractivity contribution in [2.75, 3.05) is 17.3 Å². The summed E-state index contributed by atoms with van der Waals surface area (Å²) >= 11 is 0. The van der Waals surface area contributed by atoms with Gasteiger partial charge in [0.15, 0.2) is 12.4 Å². The van der Waals surface area contributed by atoms with Crippen LogP contribution in [0.25, 0.3) is 0 Å². The molecule has 0 unspecified atom stereocenters. The van der Waals surface area contributed by atoms with E-state index in [1.165, 1.54) is 6.92 Å². The lowest BCUT2D eigenvalue weighted by molar-refractivity contribution is -0.383. The number of para-hydroxylation sites is 1. The summed E-state index contributed by atoms with van der Waals surface area (Å²) in [5, 5.41) is 14.4. The molecule has 3 rings (SSSR count). The van der Waals surface area contributed by atoms with E-state index in [0.29, 0.717) is 17.0 Å². The number of rotatable bonds is 9. The van der Waals surface area contributed by atoms with E-state index in [0.717, 1.165) is 6.33 Å². The third kappa shape index (κ3) is 5.73.